The fraction of sp³-hybridized carbons (Fsp3) is 0.379. The van der Waals surface area contributed by atoms with Gasteiger partial charge in [-0.25, -0.2) is 0 Å². The number of anilines is 2. The van der Waals surface area contributed by atoms with E-state index in [-0.39, 0.29) is 11.6 Å². The van der Waals surface area contributed by atoms with Gasteiger partial charge in [-0.05, 0) is 30.3 Å². The van der Waals surface area contributed by atoms with Gasteiger partial charge in [0, 0.05) is 75.3 Å². The summed E-state index contributed by atoms with van der Waals surface area (Å²) in [5.41, 5.74) is 3.73. The number of aromatic amines is 1. The lowest BCUT2D eigenvalue weighted by Crippen LogP contribution is -2.43. The summed E-state index contributed by atoms with van der Waals surface area (Å²) in [4.78, 5) is 25.0. The number of pyridine rings is 1. The number of nitriles is 1. The van der Waals surface area contributed by atoms with Gasteiger partial charge in [0.2, 0.25) is 5.56 Å². The Morgan fingerprint density at radius 3 is 2.54 bits per heavy atom. The van der Waals surface area contributed by atoms with Crippen LogP contribution >= 0.6 is 23.5 Å². The Kier molecular flexibility index (Phi) is 8.13. The highest BCUT2D eigenvalue weighted by Crippen LogP contribution is 2.52. The van der Waals surface area contributed by atoms with Crippen LogP contribution in [0.25, 0.3) is 11.3 Å². The van der Waals surface area contributed by atoms with E-state index in [1.807, 2.05) is 0 Å². The molecule has 2 fully saturated rings. The first kappa shape index (κ1) is 26.3. The lowest BCUT2D eigenvalue weighted by atomic mass is 10.1. The molecule has 2 N–H and O–H groups in total. The average molecular weight is 562 g/mol. The van der Waals surface area contributed by atoms with E-state index in [1.54, 1.807) is 29.6 Å². The molecular weight excluding hydrogens is 530 g/mol. The van der Waals surface area contributed by atoms with Gasteiger partial charge >= 0.3 is 0 Å². The largest absolute Gasteiger partial charge is 0.380 e. The summed E-state index contributed by atoms with van der Waals surface area (Å²) in [5.74, 6) is 0. The minimum atomic E-state index is -0.0971. The molecule has 2 saturated heterocycles. The SMILES string of the molecule is N#CCC(CN1CCOCC1)Nc1ccc2c(c1)Sc1cccc(-c3cc(N4CCOCC4)cc(=O)[nH]3)c1S2. The number of benzene rings is 2. The molecule has 6 rings (SSSR count). The number of fused-ring (bicyclic) bond motifs is 2. The summed E-state index contributed by atoms with van der Waals surface area (Å²) < 4.78 is 11.0. The third-order valence-corrected chi connectivity index (χ3v) is 9.74. The predicted octanol–water partition coefficient (Wildman–Crippen LogP) is 4.52. The number of morpholine rings is 2. The molecule has 39 heavy (non-hydrogen) atoms. The van der Waals surface area contributed by atoms with Crippen LogP contribution < -0.4 is 15.8 Å². The first-order valence-corrected chi connectivity index (χ1v) is 14.9. The van der Waals surface area contributed by atoms with Crippen LogP contribution in [-0.4, -0.2) is 75.1 Å². The molecule has 3 aliphatic heterocycles. The molecular formula is C29H31N5O3S2. The fourth-order valence-electron chi connectivity index (χ4n) is 5.18. The summed E-state index contributed by atoms with van der Waals surface area (Å²) in [6.45, 7) is 7.04. The molecule has 0 amide bonds. The number of ether oxygens (including phenoxy) is 2. The quantitative estimate of drug-likeness (QED) is 0.338. The van der Waals surface area contributed by atoms with Gasteiger partial charge in [-0.2, -0.15) is 5.26 Å². The smallest absolute Gasteiger partial charge is 0.250 e. The van der Waals surface area contributed by atoms with Crippen LogP contribution in [0.4, 0.5) is 11.4 Å². The van der Waals surface area contributed by atoms with Gasteiger partial charge < -0.3 is 24.7 Å². The Balaban J connectivity index is 1.23. The van der Waals surface area contributed by atoms with E-state index in [1.165, 1.54) is 14.7 Å². The Morgan fingerprint density at radius 2 is 1.74 bits per heavy atom. The number of H-pyrrole nitrogens is 1. The Hall–Kier alpha value is -2.94. The van der Waals surface area contributed by atoms with E-state index in [4.69, 9.17) is 9.47 Å². The maximum Gasteiger partial charge on any atom is 0.250 e. The van der Waals surface area contributed by atoms with Crippen LogP contribution in [0, 0.1) is 11.3 Å². The monoisotopic (exact) mass is 561 g/mol. The number of nitrogens with one attached hydrogen (secondary N) is 2. The summed E-state index contributed by atoms with van der Waals surface area (Å²) in [6, 6.07) is 18.9. The van der Waals surface area contributed by atoms with Crippen molar-refractivity contribution in [2.45, 2.75) is 32.0 Å². The molecule has 3 aliphatic rings. The Labute approximate surface area is 236 Å². The second kappa shape index (κ2) is 12.1. The highest BCUT2D eigenvalue weighted by atomic mass is 32.2. The van der Waals surface area contributed by atoms with Crippen LogP contribution in [0.1, 0.15) is 6.42 Å². The second-order valence-electron chi connectivity index (χ2n) is 9.83. The molecule has 202 valence electrons. The van der Waals surface area contributed by atoms with Gasteiger partial charge in [0.1, 0.15) is 0 Å². The van der Waals surface area contributed by atoms with Gasteiger partial charge in [-0.15, -0.1) is 0 Å². The maximum atomic E-state index is 12.6. The topological polar surface area (TPSA) is 93.6 Å². The standard InChI is InChI=1S/C29H31N5O3S2/c30-7-6-21(19-33-8-12-36-13-9-33)31-20-4-5-25-27(16-20)38-26-3-1-2-23(29(26)39-25)24-17-22(18-28(35)32-24)34-10-14-37-15-11-34/h1-5,16-18,21,31H,6,8-15,19H2,(H,32,35). The molecule has 1 aromatic heterocycles. The van der Waals surface area contributed by atoms with E-state index in [0.717, 1.165) is 73.5 Å². The predicted molar refractivity (Wildman–Crippen MR) is 155 cm³/mol. The zero-order valence-corrected chi connectivity index (χ0v) is 23.3. The molecule has 2 aromatic carbocycles. The summed E-state index contributed by atoms with van der Waals surface area (Å²) >= 11 is 3.49. The van der Waals surface area contributed by atoms with E-state index < -0.39 is 0 Å². The van der Waals surface area contributed by atoms with Crippen LogP contribution in [0.3, 0.4) is 0 Å². The third kappa shape index (κ3) is 6.13. The number of nitrogens with zero attached hydrogens (tertiary/aromatic N) is 3. The molecule has 0 radical (unpaired) electrons. The van der Waals surface area contributed by atoms with Crippen molar-refractivity contribution in [1.82, 2.24) is 9.88 Å². The highest BCUT2D eigenvalue weighted by molar-refractivity contribution is 8.05. The van der Waals surface area contributed by atoms with Crippen molar-refractivity contribution in [3.8, 4) is 17.3 Å². The van der Waals surface area contributed by atoms with E-state index in [9.17, 15) is 10.1 Å². The van der Waals surface area contributed by atoms with Crippen molar-refractivity contribution in [1.29, 1.82) is 5.26 Å². The van der Waals surface area contributed by atoms with Crippen LogP contribution in [0.15, 0.2) is 72.9 Å². The van der Waals surface area contributed by atoms with Gasteiger partial charge in [-0.1, -0.05) is 35.7 Å². The van der Waals surface area contributed by atoms with E-state index >= 15 is 0 Å². The van der Waals surface area contributed by atoms with Gasteiger partial charge in [0.15, 0.2) is 0 Å². The molecule has 0 aliphatic carbocycles. The van der Waals surface area contributed by atoms with Crippen molar-refractivity contribution in [3.05, 3.63) is 58.9 Å². The van der Waals surface area contributed by atoms with Crippen LogP contribution in [-0.2, 0) is 9.47 Å². The van der Waals surface area contributed by atoms with Crippen molar-refractivity contribution in [2.24, 2.45) is 0 Å². The first-order chi connectivity index (χ1) is 19.2. The first-order valence-electron chi connectivity index (χ1n) is 13.3. The highest BCUT2D eigenvalue weighted by Gasteiger charge is 2.23. The van der Waals surface area contributed by atoms with E-state index in [2.05, 4.69) is 68.6 Å². The molecule has 0 saturated carbocycles. The lowest BCUT2D eigenvalue weighted by Gasteiger charge is -2.30. The molecule has 0 spiro atoms. The van der Waals surface area contributed by atoms with Gasteiger partial charge in [-0.3, -0.25) is 9.69 Å². The summed E-state index contributed by atoms with van der Waals surface area (Å²) in [7, 11) is 0. The number of rotatable bonds is 7. The molecule has 4 heterocycles. The molecule has 0 bridgehead atoms. The molecule has 8 nitrogen and oxygen atoms in total. The Morgan fingerprint density at radius 1 is 0.949 bits per heavy atom. The molecule has 10 heteroatoms. The number of hydrogen-bond acceptors (Lipinski definition) is 9. The second-order valence-corrected chi connectivity index (χ2v) is 12.0. The van der Waals surface area contributed by atoms with Crippen molar-refractivity contribution in [3.63, 3.8) is 0 Å². The molecule has 1 atom stereocenters. The molecule has 1 unspecified atom stereocenters. The van der Waals surface area contributed by atoms with Crippen LogP contribution in [0.2, 0.25) is 0 Å². The average Bonchev–Trinajstić information content (AvgIpc) is 2.96. The zero-order chi connectivity index (χ0) is 26.6. The fourth-order valence-corrected chi connectivity index (χ4v) is 7.60. The molecule has 3 aromatic rings. The minimum Gasteiger partial charge on any atom is -0.380 e. The number of aromatic nitrogens is 1. The number of hydrogen-bond donors (Lipinski definition) is 2. The zero-order valence-electron chi connectivity index (χ0n) is 21.7. The minimum absolute atomic E-state index is 0.0573. The normalized spacial score (nSPS) is 18.1. The van der Waals surface area contributed by atoms with Crippen molar-refractivity contribution < 1.29 is 9.47 Å². The van der Waals surface area contributed by atoms with E-state index in [0.29, 0.717) is 19.6 Å². The van der Waals surface area contributed by atoms with Crippen molar-refractivity contribution >= 4 is 34.9 Å². The third-order valence-electron chi connectivity index (χ3n) is 7.14. The Bertz CT molecular complexity index is 1430. The summed E-state index contributed by atoms with van der Waals surface area (Å²) in [6.07, 6.45) is 0.449. The summed E-state index contributed by atoms with van der Waals surface area (Å²) in [5, 5.41) is 13.0. The van der Waals surface area contributed by atoms with Gasteiger partial charge in [0.25, 0.3) is 0 Å². The van der Waals surface area contributed by atoms with Crippen LogP contribution in [0.5, 0.6) is 0 Å². The van der Waals surface area contributed by atoms with Gasteiger partial charge in [0.05, 0.1) is 50.7 Å². The maximum absolute atomic E-state index is 12.6. The van der Waals surface area contributed by atoms with Crippen molar-refractivity contribution in [2.75, 3.05) is 69.4 Å². The lowest BCUT2D eigenvalue weighted by molar-refractivity contribution is 0.0363.